The number of nitriles is 1. The highest BCUT2D eigenvalue weighted by atomic mass is 15.0. The van der Waals surface area contributed by atoms with Crippen LogP contribution in [-0.4, -0.2) is 4.57 Å². The molecule has 0 atom stereocenters. The molecule has 0 bridgehead atoms. The molecule has 6 aromatic carbocycles. The van der Waals surface area contributed by atoms with Crippen LogP contribution in [0.15, 0.2) is 121 Å². The normalized spacial score (nSPS) is 11.4. The first-order chi connectivity index (χ1) is 17.3. The third kappa shape index (κ3) is 3.10. The second-order valence-electron chi connectivity index (χ2n) is 9.00. The van der Waals surface area contributed by atoms with Gasteiger partial charge in [0.25, 0.3) is 0 Å². The summed E-state index contributed by atoms with van der Waals surface area (Å²) < 4.78 is 2.36. The Hall–Kier alpha value is -4.87. The summed E-state index contributed by atoms with van der Waals surface area (Å²) in [6.07, 6.45) is 0. The smallest absolute Gasteiger partial charge is 0.0991 e. The van der Waals surface area contributed by atoms with Crippen LogP contribution in [0.1, 0.15) is 5.56 Å². The van der Waals surface area contributed by atoms with Gasteiger partial charge in [-0.3, -0.25) is 0 Å². The molecule has 0 fully saturated rings. The van der Waals surface area contributed by atoms with Crippen molar-refractivity contribution in [3.63, 3.8) is 0 Å². The van der Waals surface area contributed by atoms with Crippen molar-refractivity contribution in [2.75, 3.05) is 0 Å². The molecule has 0 amide bonds. The lowest BCUT2D eigenvalue weighted by Gasteiger charge is -2.11. The maximum absolute atomic E-state index is 9.07. The van der Waals surface area contributed by atoms with Gasteiger partial charge < -0.3 is 4.57 Å². The molecule has 7 aromatic rings. The number of para-hydroxylation sites is 2. The summed E-state index contributed by atoms with van der Waals surface area (Å²) in [5.74, 6) is 0. The molecular formula is C33H20N2. The molecule has 0 aliphatic rings. The first kappa shape index (κ1) is 19.6. The molecule has 162 valence electrons. The van der Waals surface area contributed by atoms with Crippen LogP contribution in [0.4, 0.5) is 0 Å². The lowest BCUT2D eigenvalue weighted by Crippen LogP contribution is -1.93. The van der Waals surface area contributed by atoms with Crippen molar-refractivity contribution in [2.24, 2.45) is 0 Å². The van der Waals surface area contributed by atoms with Gasteiger partial charge in [0.2, 0.25) is 0 Å². The highest BCUT2D eigenvalue weighted by Crippen LogP contribution is 2.34. The first-order valence-electron chi connectivity index (χ1n) is 11.8. The average molecular weight is 445 g/mol. The Morgan fingerprint density at radius 1 is 0.486 bits per heavy atom. The second kappa shape index (κ2) is 7.58. The van der Waals surface area contributed by atoms with Crippen molar-refractivity contribution in [1.29, 1.82) is 5.26 Å². The Bertz CT molecular complexity index is 1900. The highest BCUT2D eigenvalue weighted by molar-refractivity contribution is 6.09. The fourth-order valence-electron chi connectivity index (χ4n) is 5.24. The summed E-state index contributed by atoms with van der Waals surface area (Å²) >= 11 is 0. The summed E-state index contributed by atoms with van der Waals surface area (Å²) in [7, 11) is 0. The Labute approximate surface area is 202 Å². The third-order valence-corrected chi connectivity index (χ3v) is 6.96. The van der Waals surface area contributed by atoms with E-state index in [0.717, 1.165) is 11.1 Å². The lowest BCUT2D eigenvalue weighted by atomic mass is 9.98. The topological polar surface area (TPSA) is 28.7 Å². The van der Waals surface area contributed by atoms with E-state index >= 15 is 0 Å². The predicted molar refractivity (Wildman–Crippen MR) is 146 cm³/mol. The van der Waals surface area contributed by atoms with E-state index in [1.54, 1.807) is 0 Å². The van der Waals surface area contributed by atoms with Gasteiger partial charge in [-0.15, -0.1) is 0 Å². The van der Waals surface area contributed by atoms with Crippen molar-refractivity contribution in [3.8, 4) is 22.9 Å². The molecule has 7 rings (SSSR count). The zero-order valence-electron chi connectivity index (χ0n) is 18.9. The standard InChI is InChI=1S/C33H20N2/c34-21-22-9-11-23(12-10-22)24-13-14-25-19-28-20-29(16-15-26(28)18-27(25)17-24)35-32-7-3-1-5-30(32)31-6-2-4-8-33(31)35/h1-20H. The number of rotatable bonds is 2. The van der Waals surface area contributed by atoms with E-state index in [2.05, 4.69) is 108 Å². The minimum absolute atomic E-state index is 0.680. The lowest BCUT2D eigenvalue weighted by molar-refractivity contribution is 1.19. The summed E-state index contributed by atoms with van der Waals surface area (Å²) in [6.45, 7) is 0. The molecule has 2 nitrogen and oxygen atoms in total. The zero-order valence-corrected chi connectivity index (χ0v) is 18.9. The van der Waals surface area contributed by atoms with Gasteiger partial charge in [-0.05, 0) is 87.3 Å². The first-order valence-corrected chi connectivity index (χ1v) is 11.8. The van der Waals surface area contributed by atoms with Crippen molar-refractivity contribution in [3.05, 3.63) is 127 Å². The molecule has 0 radical (unpaired) electrons. The highest BCUT2D eigenvalue weighted by Gasteiger charge is 2.12. The maximum Gasteiger partial charge on any atom is 0.0991 e. The Morgan fingerprint density at radius 2 is 1.06 bits per heavy atom. The second-order valence-corrected chi connectivity index (χ2v) is 9.00. The molecule has 1 heterocycles. The van der Waals surface area contributed by atoms with Gasteiger partial charge in [0.15, 0.2) is 0 Å². The van der Waals surface area contributed by atoms with E-state index in [1.807, 2.05) is 24.3 Å². The SMILES string of the molecule is N#Cc1ccc(-c2ccc3cc4cc(-n5c6ccccc6c6ccccc65)ccc4cc3c2)cc1. The fourth-order valence-corrected chi connectivity index (χ4v) is 5.24. The predicted octanol–water partition coefficient (Wildman–Crippen LogP) is 8.63. The van der Waals surface area contributed by atoms with Crippen molar-refractivity contribution in [2.45, 2.75) is 0 Å². The Morgan fingerprint density at radius 3 is 1.71 bits per heavy atom. The van der Waals surface area contributed by atoms with E-state index in [0.29, 0.717) is 5.56 Å². The molecule has 0 aliphatic carbocycles. The van der Waals surface area contributed by atoms with Gasteiger partial charge in [-0.2, -0.15) is 5.26 Å². The van der Waals surface area contributed by atoms with Crippen molar-refractivity contribution >= 4 is 43.4 Å². The van der Waals surface area contributed by atoms with Gasteiger partial charge in [0.1, 0.15) is 0 Å². The maximum atomic E-state index is 9.07. The monoisotopic (exact) mass is 444 g/mol. The van der Waals surface area contributed by atoms with Crippen LogP contribution in [0.5, 0.6) is 0 Å². The zero-order chi connectivity index (χ0) is 23.4. The van der Waals surface area contributed by atoms with E-state index in [9.17, 15) is 0 Å². The third-order valence-electron chi connectivity index (χ3n) is 6.96. The summed E-state index contributed by atoms with van der Waals surface area (Å²) in [4.78, 5) is 0. The molecule has 0 aliphatic heterocycles. The molecule has 1 aromatic heterocycles. The van der Waals surface area contributed by atoms with Crippen LogP contribution in [0.3, 0.4) is 0 Å². The van der Waals surface area contributed by atoms with Crippen LogP contribution >= 0.6 is 0 Å². The number of nitrogens with zero attached hydrogens (tertiary/aromatic N) is 2. The Kier molecular flexibility index (Phi) is 4.24. The molecule has 0 saturated heterocycles. The van der Waals surface area contributed by atoms with Gasteiger partial charge in [0.05, 0.1) is 22.7 Å². The van der Waals surface area contributed by atoms with Crippen LogP contribution in [-0.2, 0) is 0 Å². The fraction of sp³-hybridized carbons (Fsp3) is 0. The van der Waals surface area contributed by atoms with E-state index in [4.69, 9.17) is 5.26 Å². The van der Waals surface area contributed by atoms with Crippen molar-refractivity contribution in [1.82, 2.24) is 4.57 Å². The Balaban J connectivity index is 1.39. The summed E-state index contributed by atoms with van der Waals surface area (Å²) in [5, 5.41) is 16.5. The molecule has 35 heavy (non-hydrogen) atoms. The molecular weight excluding hydrogens is 424 g/mol. The van der Waals surface area contributed by atoms with E-state index < -0.39 is 0 Å². The minimum Gasteiger partial charge on any atom is -0.309 e. The molecule has 2 heteroatoms. The summed E-state index contributed by atoms with van der Waals surface area (Å²) in [5.41, 5.74) is 6.57. The minimum atomic E-state index is 0.680. The number of fused-ring (bicyclic) bond motifs is 5. The van der Waals surface area contributed by atoms with Gasteiger partial charge >= 0.3 is 0 Å². The van der Waals surface area contributed by atoms with Crippen molar-refractivity contribution < 1.29 is 0 Å². The van der Waals surface area contributed by atoms with Crippen LogP contribution in [0.25, 0.3) is 60.2 Å². The number of aromatic nitrogens is 1. The quantitative estimate of drug-likeness (QED) is 0.245. The van der Waals surface area contributed by atoms with E-state index in [-0.39, 0.29) is 0 Å². The number of hydrogen-bond donors (Lipinski definition) is 0. The molecule has 0 N–H and O–H groups in total. The number of hydrogen-bond acceptors (Lipinski definition) is 1. The van der Waals surface area contributed by atoms with Crippen LogP contribution in [0, 0.1) is 11.3 Å². The average Bonchev–Trinajstić information content (AvgIpc) is 3.26. The van der Waals surface area contributed by atoms with Gasteiger partial charge in [0, 0.05) is 16.5 Å². The molecule has 0 unspecified atom stereocenters. The largest absolute Gasteiger partial charge is 0.309 e. The number of benzene rings is 6. The van der Waals surface area contributed by atoms with Crippen LogP contribution < -0.4 is 0 Å². The molecule has 0 spiro atoms. The van der Waals surface area contributed by atoms with E-state index in [1.165, 1.54) is 49.0 Å². The van der Waals surface area contributed by atoms with Gasteiger partial charge in [-0.25, -0.2) is 0 Å². The van der Waals surface area contributed by atoms with Gasteiger partial charge in [-0.1, -0.05) is 66.7 Å². The van der Waals surface area contributed by atoms with Crippen LogP contribution in [0.2, 0.25) is 0 Å². The molecule has 0 saturated carbocycles. The summed E-state index contributed by atoms with van der Waals surface area (Å²) in [6, 6.07) is 45.1.